The van der Waals surface area contributed by atoms with E-state index >= 15 is 0 Å². The zero-order valence-corrected chi connectivity index (χ0v) is 20.8. The molecule has 4 rings (SSSR count). The molecule has 4 aromatic rings. The lowest BCUT2D eigenvalue weighted by atomic mass is 9.80. The van der Waals surface area contributed by atoms with Crippen LogP contribution in [0.4, 0.5) is 4.39 Å². The van der Waals surface area contributed by atoms with Crippen LogP contribution in [0, 0.1) is 11.2 Å². The smallest absolute Gasteiger partial charge is 0.258 e. The van der Waals surface area contributed by atoms with Gasteiger partial charge in [-0.05, 0) is 48.2 Å². The van der Waals surface area contributed by atoms with E-state index in [4.69, 9.17) is 4.84 Å². The van der Waals surface area contributed by atoms with Gasteiger partial charge >= 0.3 is 0 Å². The van der Waals surface area contributed by atoms with Gasteiger partial charge in [-0.1, -0.05) is 103 Å². The molecule has 0 aromatic heterocycles. The summed E-state index contributed by atoms with van der Waals surface area (Å²) in [6.07, 6.45) is 0. The topological polar surface area (TPSA) is 67.4 Å². The molecule has 5 nitrogen and oxygen atoms in total. The fourth-order valence-electron chi connectivity index (χ4n) is 4.05. The highest BCUT2D eigenvalue weighted by Crippen LogP contribution is 2.39. The molecule has 0 bridgehead atoms. The molecule has 6 heteroatoms. The zero-order chi connectivity index (χ0) is 26.3. The molecule has 0 saturated heterocycles. The van der Waals surface area contributed by atoms with Crippen LogP contribution in [0.25, 0.3) is 0 Å². The molecular formula is C31H29FN2O3. The zero-order valence-electron chi connectivity index (χ0n) is 20.8. The lowest BCUT2D eigenvalue weighted by molar-refractivity contribution is -0.157. The largest absolute Gasteiger partial charge is 0.351 e. The number of halogens is 1. The number of amides is 2. The number of carbonyl (C=O) groups excluding carboxylic acids is 2. The first-order valence-electron chi connectivity index (χ1n) is 12.0. The number of hydrogen-bond acceptors (Lipinski definition) is 3. The molecule has 0 radical (unpaired) electrons. The number of hydroxylamine groups is 1. The van der Waals surface area contributed by atoms with Crippen LogP contribution >= 0.6 is 0 Å². The van der Waals surface area contributed by atoms with Gasteiger partial charge in [-0.2, -0.15) is 0 Å². The number of carbonyl (C=O) groups is 2. The van der Waals surface area contributed by atoms with Gasteiger partial charge < -0.3 is 5.32 Å². The van der Waals surface area contributed by atoms with Crippen molar-refractivity contribution in [2.24, 2.45) is 5.41 Å². The summed E-state index contributed by atoms with van der Waals surface area (Å²) in [5.41, 5.74) is 3.14. The molecular weight excluding hydrogens is 467 g/mol. The second-order valence-electron chi connectivity index (χ2n) is 9.25. The number of hydrogen-bond donors (Lipinski definition) is 2. The molecule has 0 heterocycles. The minimum absolute atomic E-state index is 0.165. The summed E-state index contributed by atoms with van der Waals surface area (Å²) in [5.74, 6) is -1.44. The van der Waals surface area contributed by atoms with E-state index in [0.717, 1.165) is 22.3 Å². The van der Waals surface area contributed by atoms with Gasteiger partial charge in [0.2, 0.25) is 5.91 Å². The van der Waals surface area contributed by atoms with E-state index in [9.17, 15) is 14.0 Å². The third-order valence-electron chi connectivity index (χ3n) is 6.34. The van der Waals surface area contributed by atoms with Crippen molar-refractivity contribution in [2.45, 2.75) is 26.0 Å². The summed E-state index contributed by atoms with van der Waals surface area (Å²) >= 11 is 0. The summed E-state index contributed by atoms with van der Waals surface area (Å²) in [6.45, 7) is 3.22. The van der Waals surface area contributed by atoms with E-state index in [2.05, 4.69) is 10.8 Å². The molecule has 0 spiro atoms. The van der Waals surface area contributed by atoms with Gasteiger partial charge in [-0.3, -0.25) is 14.4 Å². The Bertz CT molecular complexity index is 1230. The molecule has 2 amide bonds. The molecule has 0 aliphatic rings. The van der Waals surface area contributed by atoms with Gasteiger partial charge in [0, 0.05) is 6.54 Å². The Morgan fingerprint density at radius 2 is 1.11 bits per heavy atom. The molecule has 0 fully saturated rings. The Kier molecular flexibility index (Phi) is 7.80. The molecule has 0 unspecified atom stereocenters. The van der Waals surface area contributed by atoms with Crippen molar-refractivity contribution >= 4 is 11.8 Å². The van der Waals surface area contributed by atoms with Crippen LogP contribution in [0.5, 0.6) is 0 Å². The van der Waals surface area contributed by atoms with E-state index in [1.165, 1.54) is 26.0 Å². The third-order valence-corrected chi connectivity index (χ3v) is 6.34. The molecule has 2 N–H and O–H groups in total. The van der Waals surface area contributed by atoms with E-state index in [1.54, 1.807) is 12.1 Å². The lowest BCUT2D eigenvalue weighted by Gasteiger charge is -2.36. The molecule has 0 aliphatic carbocycles. The van der Waals surface area contributed by atoms with Crippen LogP contribution in [-0.2, 0) is 26.6 Å². The monoisotopic (exact) mass is 496 g/mol. The first-order chi connectivity index (χ1) is 17.8. The summed E-state index contributed by atoms with van der Waals surface area (Å²) in [5, 5.41) is 2.75. The van der Waals surface area contributed by atoms with Crippen molar-refractivity contribution in [3.8, 4) is 0 Å². The minimum atomic E-state index is -1.45. The lowest BCUT2D eigenvalue weighted by Crippen LogP contribution is -2.50. The van der Waals surface area contributed by atoms with Crippen LogP contribution in [0.1, 0.15) is 36.1 Å². The van der Waals surface area contributed by atoms with E-state index in [-0.39, 0.29) is 12.4 Å². The van der Waals surface area contributed by atoms with Gasteiger partial charge in [0.25, 0.3) is 5.91 Å². The van der Waals surface area contributed by atoms with Crippen molar-refractivity contribution in [3.63, 3.8) is 0 Å². The molecule has 0 saturated carbocycles. The van der Waals surface area contributed by atoms with Gasteiger partial charge in [0.05, 0.1) is 0 Å². The average molecular weight is 497 g/mol. The molecule has 188 valence electrons. The predicted octanol–water partition coefficient (Wildman–Crippen LogP) is 5.51. The van der Waals surface area contributed by atoms with E-state index < -0.39 is 22.8 Å². The van der Waals surface area contributed by atoms with Crippen molar-refractivity contribution < 1.29 is 18.8 Å². The molecule has 0 atom stereocenters. The quantitative estimate of drug-likeness (QED) is 0.182. The summed E-state index contributed by atoms with van der Waals surface area (Å²) in [4.78, 5) is 32.7. The number of rotatable bonds is 9. The van der Waals surface area contributed by atoms with Crippen LogP contribution in [-0.4, -0.2) is 11.8 Å². The Morgan fingerprint density at radius 1 is 0.676 bits per heavy atom. The molecule has 4 aromatic carbocycles. The van der Waals surface area contributed by atoms with E-state index in [0.29, 0.717) is 0 Å². The van der Waals surface area contributed by atoms with Crippen LogP contribution < -0.4 is 10.8 Å². The predicted molar refractivity (Wildman–Crippen MR) is 140 cm³/mol. The third kappa shape index (κ3) is 5.60. The number of benzene rings is 4. The maximum Gasteiger partial charge on any atom is 0.258 e. The fraction of sp³-hybridized carbons (Fsp3) is 0.161. The highest BCUT2D eigenvalue weighted by Gasteiger charge is 2.42. The summed E-state index contributed by atoms with van der Waals surface area (Å²) in [7, 11) is 0. The first kappa shape index (κ1) is 25.8. The second kappa shape index (κ2) is 11.2. The van der Waals surface area contributed by atoms with Crippen LogP contribution in [0.2, 0.25) is 0 Å². The maximum absolute atomic E-state index is 13.4. The second-order valence-corrected chi connectivity index (χ2v) is 9.25. The highest BCUT2D eigenvalue weighted by atomic mass is 19.1. The summed E-state index contributed by atoms with van der Waals surface area (Å²) < 4.78 is 13.2. The summed E-state index contributed by atoms with van der Waals surface area (Å²) in [6, 6.07) is 34.6. The van der Waals surface area contributed by atoms with Crippen molar-refractivity contribution in [2.75, 3.05) is 0 Å². The first-order valence-corrected chi connectivity index (χ1v) is 12.0. The normalized spacial score (nSPS) is 11.5. The van der Waals surface area contributed by atoms with Crippen molar-refractivity contribution in [1.82, 2.24) is 10.8 Å². The standard InChI is InChI=1S/C31H29FN2O3/c1-30(2,28(35)33-22-23-18-20-27(32)21-19-23)29(36)34-37-31(24-12-6-3-7-13-24,25-14-8-4-9-15-25)26-16-10-5-11-17-26/h3-21H,22H2,1-2H3,(H,33,35)(H,34,36). The Morgan fingerprint density at radius 3 is 1.54 bits per heavy atom. The van der Waals surface area contributed by atoms with Gasteiger partial charge in [-0.15, -0.1) is 0 Å². The minimum Gasteiger partial charge on any atom is -0.351 e. The number of nitrogens with one attached hydrogen (secondary N) is 2. The van der Waals surface area contributed by atoms with Gasteiger partial charge in [0.1, 0.15) is 11.2 Å². The molecule has 37 heavy (non-hydrogen) atoms. The van der Waals surface area contributed by atoms with Gasteiger partial charge in [-0.25, -0.2) is 9.87 Å². The Hall–Kier alpha value is -4.29. The van der Waals surface area contributed by atoms with Crippen LogP contribution in [0.3, 0.4) is 0 Å². The maximum atomic E-state index is 13.4. The SMILES string of the molecule is CC(C)(C(=O)NCc1ccc(F)cc1)C(=O)NOC(c1ccccc1)(c1ccccc1)c1ccccc1. The Labute approximate surface area is 216 Å². The van der Waals surface area contributed by atoms with Crippen LogP contribution in [0.15, 0.2) is 115 Å². The fourth-order valence-corrected chi connectivity index (χ4v) is 4.05. The highest BCUT2D eigenvalue weighted by molar-refractivity contribution is 6.03. The van der Waals surface area contributed by atoms with Crippen molar-refractivity contribution in [3.05, 3.63) is 143 Å². The van der Waals surface area contributed by atoms with E-state index in [1.807, 2.05) is 91.0 Å². The average Bonchev–Trinajstić information content (AvgIpc) is 2.94. The van der Waals surface area contributed by atoms with Crippen molar-refractivity contribution in [1.29, 1.82) is 0 Å². The molecule has 0 aliphatic heterocycles. The van der Waals surface area contributed by atoms with Gasteiger partial charge in [0.15, 0.2) is 5.60 Å². The Balaban J connectivity index is 1.61.